The van der Waals surface area contributed by atoms with Crippen LogP contribution in [0.1, 0.15) is 5.56 Å². The number of hydrogen-bond donors (Lipinski definition) is 0. The summed E-state index contributed by atoms with van der Waals surface area (Å²) in [6.07, 6.45) is 0. The topological polar surface area (TPSA) is 9.23 Å². The van der Waals surface area contributed by atoms with Gasteiger partial charge in [0, 0.05) is 5.02 Å². The van der Waals surface area contributed by atoms with Gasteiger partial charge in [-0.15, -0.1) is 0 Å². The normalized spacial score (nSPS) is 10.0. The minimum atomic E-state index is 0.699. The number of halogens is 1. The van der Waals surface area contributed by atoms with Gasteiger partial charge in [-0.3, -0.25) is 0 Å². The van der Waals surface area contributed by atoms with Crippen LogP contribution in [0.15, 0.2) is 48.5 Å². The summed E-state index contributed by atoms with van der Waals surface area (Å²) in [4.78, 5) is 0. The first-order chi connectivity index (χ1) is 7.25. The zero-order chi connectivity index (χ0) is 10.7. The van der Waals surface area contributed by atoms with Gasteiger partial charge in [0.25, 0.3) is 0 Å². The molecule has 75 valence electrons. The summed E-state index contributed by atoms with van der Waals surface area (Å²) < 4.78 is 5.64. The summed E-state index contributed by atoms with van der Waals surface area (Å²) in [7, 11) is 0. The Labute approximate surface area is 94.3 Å². The van der Waals surface area contributed by atoms with E-state index in [0.717, 1.165) is 17.1 Å². The van der Waals surface area contributed by atoms with Crippen LogP contribution in [0.25, 0.3) is 0 Å². The Kier molecular flexibility index (Phi) is 2.93. The monoisotopic (exact) mass is 217 g/mol. The van der Waals surface area contributed by atoms with Crippen molar-refractivity contribution in [3.63, 3.8) is 0 Å². The predicted octanol–water partition coefficient (Wildman–Crippen LogP) is 4.31. The minimum Gasteiger partial charge on any atom is -0.457 e. The Morgan fingerprint density at radius 3 is 2.27 bits per heavy atom. The van der Waals surface area contributed by atoms with Crippen LogP contribution >= 0.6 is 11.6 Å². The first kappa shape index (κ1) is 10.1. The maximum Gasteiger partial charge on any atom is 0.130 e. The second kappa shape index (κ2) is 4.37. The maximum absolute atomic E-state index is 5.78. The van der Waals surface area contributed by atoms with Gasteiger partial charge in [-0.05, 0) is 42.8 Å². The maximum atomic E-state index is 5.78. The van der Waals surface area contributed by atoms with Crippen LogP contribution in [0, 0.1) is 6.92 Å². The zero-order valence-corrected chi connectivity index (χ0v) is 8.87. The molecule has 0 atom stereocenters. The largest absolute Gasteiger partial charge is 0.457 e. The molecule has 0 bridgehead atoms. The molecule has 15 heavy (non-hydrogen) atoms. The van der Waals surface area contributed by atoms with Crippen molar-refractivity contribution in [2.75, 3.05) is 0 Å². The van der Waals surface area contributed by atoms with Gasteiger partial charge in [0.1, 0.15) is 11.5 Å². The van der Waals surface area contributed by atoms with E-state index in [9.17, 15) is 0 Å². The quantitative estimate of drug-likeness (QED) is 0.728. The second-order valence-electron chi connectivity index (χ2n) is 3.16. The van der Waals surface area contributed by atoms with Crippen molar-refractivity contribution < 1.29 is 4.74 Å². The average Bonchev–Trinajstić information content (AvgIpc) is 2.25. The lowest BCUT2D eigenvalue weighted by Crippen LogP contribution is -1.86. The molecule has 1 radical (unpaired) electrons. The lowest BCUT2D eigenvalue weighted by atomic mass is 10.2. The Balaban J connectivity index is 2.22. The summed E-state index contributed by atoms with van der Waals surface area (Å²) in [6, 6.07) is 14.9. The van der Waals surface area contributed by atoms with Crippen LogP contribution in [0.3, 0.4) is 0 Å². The van der Waals surface area contributed by atoms with E-state index in [0.29, 0.717) is 5.02 Å². The van der Waals surface area contributed by atoms with E-state index >= 15 is 0 Å². The highest BCUT2D eigenvalue weighted by molar-refractivity contribution is 6.30. The van der Waals surface area contributed by atoms with Gasteiger partial charge >= 0.3 is 0 Å². The van der Waals surface area contributed by atoms with Crippen LogP contribution in [0.5, 0.6) is 11.5 Å². The lowest BCUT2D eigenvalue weighted by molar-refractivity contribution is 0.480. The minimum absolute atomic E-state index is 0.699. The Bertz CT molecular complexity index is 448. The molecule has 2 aromatic rings. The molecule has 0 N–H and O–H groups in total. The molecule has 0 saturated heterocycles. The molecule has 2 aromatic carbocycles. The van der Waals surface area contributed by atoms with Crippen molar-refractivity contribution in [3.8, 4) is 11.5 Å². The third kappa shape index (κ3) is 2.51. The van der Waals surface area contributed by atoms with Gasteiger partial charge in [-0.25, -0.2) is 0 Å². The number of hydrogen-bond acceptors (Lipinski definition) is 1. The van der Waals surface area contributed by atoms with E-state index in [1.54, 1.807) is 12.1 Å². The molecular weight excluding hydrogens is 208 g/mol. The molecule has 0 aromatic heterocycles. The van der Waals surface area contributed by atoms with Crippen molar-refractivity contribution in [2.24, 2.45) is 0 Å². The molecule has 0 aliphatic heterocycles. The summed E-state index contributed by atoms with van der Waals surface area (Å²) in [6.45, 7) is 3.88. The van der Waals surface area contributed by atoms with Crippen molar-refractivity contribution in [2.45, 2.75) is 0 Å². The van der Waals surface area contributed by atoms with E-state index < -0.39 is 0 Å². The van der Waals surface area contributed by atoms with Gasteiger partial charge in [-0.1, -0.05) is 29.8 Å². The van der Waals surface area contributed by atoms with Crippen LogP contribution in [0.2, 0.25) is 5.02 Å². The van der Waals surface area contributed by atoms with E-state index in [-0.39, 0.29) is 0 Å². The van der Waals surface area contributed by atoms with Gasteiger partial charge in [0.15, 0.2) is 0 Å². The SMILES string of the molecule is [CH2]c1ccccc1Oc1ccc(Cl)cc1. The van der Waals surface area contributed by atoms with Crippen molar-refractivity contribution >= 4 is 11.6 Å². The summed E-state index contributed by atoms with van der Waals surface area (Å²) in [5.41, 5.74) is 0.868. The molecule has 0 aliphatic rings. The Morgan fingerprint density at radius 1 is 0.933 bits per heavy atom. The predicted molar refractivity (Wildman–Crippen MR) is 62.4 cm³/mol. The molecule has 1 nitrogen and oxygen atoms in total. The third-order valence-corrected chi connectivity index (χ3v) is 2.27. The molecule has 0 saturated carbocycles. The van der Waals surface area contributed by atoms with Gasteiger partial charge in [-0.2, -0.15) is 0 Å². The third-order valence-electron chi connectivity index (χ3n) is 2.01. The Hall–Kier alpha value is -1.47. The van der Waals surface area contributed by atoms with Gasteiger partial charge in [0.2, 0.25) is 0 Å². The number of para-hydroxylation sites is 1. The van der Waals surface area contributed by atoms with E-state index in [4.69, 9.17) is 16.3 Å². The molecule has 0 spiro atoms. The highest BCUT2D eigenvalue weighted by Gasteiger charge is 1.99. The molecule has 2 rings (SSSR count). The highest BCUT2D eigenvalue weighted by atomic mass is 35.5. The molecule has 0 fully saturated rings. The lowest BCUT2D eigenvalue weighted by Gasteiger charge is -2.07. The van der Waals surface area contributed by atoms with Crippen molar-refractivity contribution in [1.82, 2.24) is 0 Å². The molecule has 0 unspecified atom stereocenters. The fourth-order valence-electron chi connectivity index (χ4n) is 1.23. The van der Waals surface area contributed by atoms with Gasteiger partial charge in [0.05, 0.1) is 0 Å². The standard InChI is InChI=1S/C13H10ClO/c1-10-4-2-3-5-13(10)15-12-8-6-11(14)7-9-12/h2-9H,1H2. The van der Waals surface area contributed by atoms with Crippen LogP contribution < -0.4 is 4.74 Å². The fraction of sp³-hybridized carbons (Fsp3) is 0. The van der Waals surface area contributed by atoms with E-state index in [1.165, 1.54) is 0 Å². The molecule has 0 heterocycles. The molecule has 0 amide bonds. The summed E-state index contributed by atoms with van der Waals surface area (Å²) in [5.74, 6) is 1.52. The fourth-order valence-corrected chi connectivity index (χ4v) is 1.36. The first-order valence-electron chi connectivity index (χ1n) is 4.60. The zero-order valence-electron chi connectivity index (χ0n) is 8.11. The average molecular weight is 218 g/mol. The van der Waals surface area contributed by atoms with Crippen LogP contribution in [-0.2, 0) is 0 Å². The highest BCUT2D eigenvalue weighted by Crippen LogP contribution is 2.25. The van der Waals surface area contributed by atoms with Crippen molar-refractivity contribution in [1.29, 1.82) is 0 Å². The van der Waals surface area contributed by atoms with Crippen LogP contribution in [-0.4, -0.2) is 0 Å². The van der Waals surface area contributed by atoms with Gasteiger partial charge < -0.3 is 4.74 Å². The number of ether oxygens (including phenoxy) is 1. The molecule has 0 aliphatic carbocycles. The first-order valence-corrected chi connectivity index (χ1v) is 4.98. The van der Waals surface area contributed by atoms with Crippen LogP contribution in [0.4, 0.5) is 0 Å². The molecule has 2 heteroatoms. The van der Waals surface area contributed by atoms with E-state index in [2.05, 4.69) is 6.92 Å². The molecular formula is C13H10ClO. The van der Waals surface area contributed by atoms with Crippen molar-refractivity contribution in [3.05, 3.63) is 66.0 Å². The smallest absolute Gasteiger partial charge is 0.130 e. The van der Waals surface area contributed by atoms with E-state index in [1.807, 2.05) is 36.4 Å². The summed E-state index contributed by atoms with van der Waals surface area (Å²) in [5, 5.41) is 0.699. The second-order valence-corrected chi connectivity index (χ2v) is 3.60. The number of rotatable bonds is 2. The Morgan fingerprint density at radius 2 is 1.60 bits per heavy atom. The number of benzene rings is 2. The summed E-state index contributed by atoms with van der Waals surface area (Å²) >= 11 is 5.78.